The van der Waals surface area contributed by atoms with Gasteiger partial charge >= 0.3 is 5.97 Å². The Morgan fingerprint density at radius 3 is 2.68 bits per heavy atom. The molecule has 3 rings (SSSR count). The first-order valence-corrected chi connectivity index (χ1v) is 9.17. The second-order valence-corrected chi connectivity index (χ2v) is 7.33. The van der Waals surface area contributed by atoms with Gasteiger partial charge in [-0.1, -0.05) is 25.3 Å². The minimum atomic E-state index is -0.801. The third-order valence-corrected chi connectivity index (χ3v) is 5.70. The van der Waals surface area contributed by atoms with E-state index in [1.54, 1.807) is 12.4 Å². The third-order valence-electron chi connectivity index (χ3n) is 5.70. The largest absolute Gasteiger partial charge is 0.481 e. The van der Waals surface area contributed by atoms with Crippen LogP contribution in [-0.4, -0.2) is 64.5 Å². The number of rotatable bonds is 5. The molecule has 2 atom stereocenters. The predicted molar refractivity (Wildman–Crippen MR) is 94.2 cm³/mol. The molecule has 2 fully saturated rings. The number of hydrogen-bond donors (Lipinski definition) is 1. The second-order valence-electron chi connectivity index (χ2n) is 7.33. The number of carbonyl (C=O) groups excluding carboxylic acids is 1. The van der Waals surface area contributed by atoms with Crippen LogP contribution in [0.15, 0.2) is 24.5 Å². The third kappa shape index (κ3) is 4.18. The molecule has 1 amide bonds. The van der Waals surface area contributed by atoms with Crippen molar-refractivity contribution < 1.29 is 14.7 Å². The summed E-state index contributed by atoms with van der Waals surface area (Å²) in [5.74, 6) is -1.30. The van der Waals surface area contributed by atoms with Crippen LogP contribution in [0.5, 0.6) is 0 Å². The Morgan fingerprint density at radius 2 is 2.04 bits per heavy atom. The zero-order valence-corrected chi connectivity index (χ0v) is 14.8. The molecule has 1 aromatic heterocycles. The van der Waals surface area contributed by atoms with E-state index >= 15 is 0 Å². The van der Waals surface area contributed by atoms with Crippen LogP contribution in [0.25, 0.3) is 0 Å². The van der Waals surface area contributed by atoms with E-state index in [4.69, 9.17) is 0 Å². The molecule has 1 saturated carbocycles. The SMILES string of the molecule is CN(C(=O)CN1CC(C(=O)O)C(c2cccnc2)C1)C1CCCCC1. The number of carbonyl (C=O) groups is 2. The highest BCUT2D eigenvalue weighted by Gasteiger charge is 2.39. The Labute approximate surface area is 148 Å². The number of amides is 1. The highest BCUT2D eigenvalue weighted by molar-refractivity contribution is 5.79. The first kappa shape index (κ1) is 17.9. The number of carboxylic acids is 1. The molecule has 25 heavy (non-hydrogen) atoms. The van der Waals surface area contributed by atoms with Gasteiger partial charge in [0, 0.05) is 44.5 Å². The molecule has 0 bridgehead atoms. The lowest BCUT2D eigenvalue weighted by atomic mass is 9.90. The molecule has 6 heteroatoms. The molecular weight excluding hydrogens is 318 g/mol. The van der Waals surface area contributed by atoms with Crippen LogP contribution >= 0.6 is 0 Å². The summed E-state index contributed by atoms with van der Waals surface area (Å²) >= 11 is 0. The topological polar surface area (TPSA) is 73.7 Å². The molecule has 2 aliphatic rings. The maximum atomic E-state index is 12.6. The van der Waals surface area contributed by atoms with Crippen LogP contribution < -0.4 is 0 Å². The molecule has 6 nitrogen and oxygen atoms in total. The van der Waals surface area contributed by atoms with Crippen molar-refractivity contribution in [3.8, 4) is 0 Å². The number of pyridine rings is 1. The van der Waals surface area contributed by atoms with Crippen LogP contribution in [0, 0.1) is 5.92 Å². The molecule has 1 N–H and O–H groups in total. The molecule has 136 valence electrons. The highest BCUT2D eigenvalue weighted by atomic mass is 16.4. The Morgan fingerprint density at radius 1 is 1.28 bits per heavy atom. The van der Waals surface area contributed by atoms with Crippen molar-refractivity contribution in [2.45, 2.75) is 44.1 Å². The molecule has 0 radical (unpaired) electrons. The van der Waals surface area contributed by atoms with Gasteiger partial charge in [-0.05, 0) is 24.5 Å². The Bertz CT molecular complexity index is 601. The van der Waals surface area contributed by atoms with Gasteiger partial charge in [0.2, 0.25) is 5.91 Å². The van der Waals surface area contributed by atoms with Crippen molar-refractivity contribution in [2.24, 2.45) is 5.92 Å². The maximum absolute atomic E-state index is 12.6. The zero-order valence-electron chi connectivity index (χ0n) is 14.8. The maximum Gasteiger partial charge on any atom is 0.308 e. The van der Waals surface area contributed by atoms with Crippen LogP contribution in [0.4, 0.5) is 0 Å². The lowest BCUT2D eigenvalue weighted by Crippen LogP contribution is -2.43. The van der Waals surface area contributed by atoms with E-state index in [-0.39, 0.29) is 11.8 Å². The smallest absolute Gasteiger partial charge is 0.308 e. The van der Waals surface area contributed by atoms with Gasteiger partial charge in [0.05, 0.1) is 12.5 Å². The molecule has 1 aliphatic heterocycles. The number of aromatic nitrogens is 1. The van der Waals surface area contributed by atoms with E-state index in [0.29, 0.717) is 25.7 Å². The van der Waals surface area contributed by atoms with Gasteiger partial charge in [0.1, 0.15) is 0 Å². The first-order valence-electron chi connectivity index (χ1n) is 9.17. The Balaban J connectivity index is 1.63. The fourth-order valence-electron chi connectivity index (χ4n) is 4.17. The monoisotopic (exact) mass is 345 g/mol. The van der Waals surface area contributed by atoms with Crippen molar-refractivity contribution in [1.29, 1.82) is 0 Å². The number of likely N-dealkylation sites (tertiary alicyclic amines) is 1. The van der Waals surface area contributed by atoms with Crippen LogP contribution in [0.2, 0.25) is 0 Å². The van der Waals surface area contributed by atoms with Crippen LogP contribution in [0.3, 0.4) is 0 Å². The van der Waals surface area contributed by atoms with Gasteiger partial charge in [-0.15, -0.1) is 0 Å². The fourth-order valence-corrected chi connectivity index (χ4v) is 4.17. The average molecular weight is 345 g/mol. The minimum absolute atomic E-state index is 0.0999. The lowest BCUT2D eigenvalue weighted by Gasteiger charge is -2.32. The van der Waals surface area contributed by atoms with E-state index in [1.165, 1.54) is 19.3 Å². The molecule has 1 aromatic rings. The van der Waals surface area contributed by atoms with Gasteiger partial charge < -0.3 is 10.0 Å². The second kappa shape index (κ2) is 7.95. The van der Waals surface area contributed by atoms with Crippen molar-refractivity contribution in [3.63, 3.8) is 0 Å². The van der Waals surface area contributed by atoms with Gasteiger partial charge in [0.25, 0.3) is 0 Å². The Hall–Kier alpha value is -1.95. The quantitative estimate of drug-likeness (QED) is 0.883. The standard InChI is InChI=1S/C19H27N3O3/c1-21(15-7-3-2-4-8-15)18(23)13-22-11-16(17(12-22)19(24)25)14-6-5-9-20-10-14/h5-6,9-10,15-17H,2-4,7-8,11-13H2,1H3,(H,24,25). The predicted octanol–water partition coefficient (Wildman–Crippen LogP) is 1.97. The van der Waals surface area contributed by atoms with Crippen LogP contribution in [0.1, 0.15) is 43.6 Å². The van der Waals surface area contributed by atoms with Crippen molar-refractivity contribution in [3.05, 3.63) is 30.1 Å². The normalized spacial score (nSPS) is 25.0. The van der Waals surface area contributed by atoms with Gasteiger partial charge in [-0.25, -0.2) is 0 Å². The summed E-state index contributed by atoms with van der Waals surface area (Å²) in [6.07, 6.45) is 9.23. The molecule has 1 aliphatic carbocycles. The lowest BCUT2D eigenvalue weighted by molar-refractivity contribution is -0.142. The van der Waals surface area contributed by atoms with E-state index in [9.17, 15) is 14.7 Å². The fraction of sp³-hybridized carbons (Fsp3) is 0.632. The summed E-state index contributed by atoms with van der Waals surface area (Å²) in [7, 11) is 1.89. The zero-order chi connectivity index (χ0) is 17.8. The number of nitrogens with zero attached hydrogens (tertiary/aromatic N) is 3. The van der Waals surface area contributed by atoms with Crippen molar-refractivity contribution >= 4 is 11.9 Å². The Kier molecular flexibility index (Phi) is 5.68. The number of carboxylic acid groups (broad SMARTS) is 1. The van der Waals surface area contributed by atoms with Crippen molar-refractivity contribution in [2.75, 3.05) is 26.7 Å². The average Bonchev–Trinajstić information content (AvgIpc) is 3.06. The molecule has 1 saturated heterocycles. The molecular formula is C19H27N3O3. The van der Waals surface area contributed by atoms with Gasteiger partial charge in [0.15, 0.2) is 0 Å². The molecule has 0 aromatic carbocycles. The number of aliphatic carboxylic acids is 1. The van der Waals surface area contributed by atoms with E-state index in [2.05, 4.69) is 4.98 Å². The number of hydrogen-bond acceptors (Lipinski definition) is 4. The minimum Gasteiger partial charge on any atom is -0.481 e. The first-order chi connectivity index (χ1) is 12.1. The summed E-state index contributed by atoms with van der Waals surface area (Å²) in [5, 5.41) is 9.57. The van der Waals surface area contributed by atoms with E-state index in [1.807, 2.05) is 29.0 Å². The van der Waals surface area contributed by atoms with Gasteiger partial charge in [-0.2, -0.15) is 0 Å². The number of likely N-dealkylation sites (N-methyl/N-ethyl adjacent to an activating group) is 1. The van der Waals surface area contributed by atoms with Gasteiger partial charge in [-0.3, -0.25) is 19.5 Å². The highest BCUT2D eigenvalue weighted by Crippen LogP contribution is 2.32. The van der Waals surface area contributed by atoms with Crippen molar-refractivity contribution in [1.82, 2.24) is 14.8 Å². The summed E-state index contributed by atoms with van der Waals surface area (Å²) in [6, 6.07) is 4.10. The molecule has 0 spiro atoms. The molecule has 2 unspecified atom stereocenters. The summed E-state index contributed by atoms with van der Waals surface area (Å²) < 4.78 is 0. The molecule has 2 heterocycles. The van der Waals surface area contributed by atoms with Crippen LogP contribution in [-0.2, 0) is 9.59 Å². The summed E-state index contributed by atoms with van der Waals surface area (Å²) in [4.78, 5) is 32.3. The summed E-state index contributed by atoms with van der Waals surface area (Å²) in [6.45, 7) is 1.31. The van der Waals surface area contributed by atoms with E-state index < -0.39 is 11.9 Å². The summed E-state index contributed by atoms with van der Waals surface area (Å²) in [5.41, 5.74) is 0.936. The van der Waals surface area contributed by atoms with E-state index in [0.717, 1.165) is 18.4 Å².